The number of rotatable bonds is 8. The van der Waals surface area contributed by atoms with Gasteiger partial charge in [-0.15, -0.1) is 0 Å². The molecule has 1 aliphatic rings. The molecule has 1 atom stereocenters. The summed E-state index contributed by atoms with van der Waals surface area (Å²) in [6.45, 7) is 0. The molecule has 25 heavy (non-hydrogen) atoms. The molecule has 1 aliphatic heterocycles. The summed E-state index contributed by atoms with van der Waals surface area (Å²) in [5.74, 6) is 2.61. The first kappa shape index (κ1) is 18.7. The normalized spacial score (nSPS) is 17.0. The van der Waals surface area contributed by atoms with Crippen LogP contribution in [0, 0.1) is 0 Å². The summed E-state index contributed by atoms with van der Waals surface area (Å²) in [4.78, 5) is 16.6. The van der Waals surface area contributed by atoms with Crippen LogP contribution in [0.1, 0.15) is 32.1 Å². The molecule has 0 aliphatic carbocycles. The molecule has 2 heterocycles. The topological polar surface area (TPSA) is 60.5 Å². The van der Waals surface area contributed by atoms with Crippen molar-refractivity contribution in [3.63, 3.8) is 0 Å². The van der Waals surface area contributed by atoms with Crippen LogP contribution in [0.15, 0.2) is 12.1 Å². The molecular formula is C17H22N2O3S3. The smallest absolute Gasteiger partial charge is 0.226 e. The molecule has 0 radical (unpaired) electrons. The average molecular weight is 399 g/mol. The van der Waals surface area contributed by atoms with Crippen LogP contribution in [0.2, 0.25) is 0 Å². The predicted molar refractivity (Wildman–Crippen MR) is 108 cm³/mol. The molecule has 1 aromatic carbocycles. The van der Waals surface area contributed by atoms with E-state index in [4.69, 9.17) is 9.47 Å². The number of benzene rings is 1. The minimum absolute atomic E-state index is 0.0337. The van der Waals surface area contributed by atoms with Gasteiger partial charge in [0.25, 0.3) is 0 Å². The maximum absolute atomic E-state index is 12.1. The van der Waals surface area contributed by atoms with E-state index in [0.717, 1.165) is 28.3 Å². The van der Waals surface area contributed by atoms with Gasteiger partial charge < -0.3 is 14.8 Å². The van der Waals surface area contributed by atoms with E-state index in [1.807, 2.05) is 33.7 Å². The second kappa shape index (κ2) is 9.00. The standard InChI is InChI=1S/C17H22N2O3S3/c1-21-13-9-12-15(10-14(13)22-2)24-17(18-12)19-16(20)6-4-3-5-11-7-8-23-25-11/h9-11H,3-8H2,1-2H3,(H,18,19,20). The highest BCUT2D eigenvalue weighted by atomic mass is 33.1. The first-order valence-corrected chi connectivity index (χ1v) is 11.5. The zero-order chi connectivity index (χ0) is 17.6. The van der Waals surface area contributed by atoms with Crippen LogP contribution in [-0.2, 0) is 4.79 Å². The van der Waals surface area contributed by atoms with Crippen molar-refractivity contribution in [3.8, 4) is 11.5 Å². The van der Waals surface area contributed by atoms with Crippen molar-refractivity contribution < 1.29 is 14.3 Å². The average Bonchev–Trinajstić information content (AvgIpc) is 3.26. The number of anilines is 1. The van der Waals surface area contributed by atoms with Crippen LogP contribution in [0.3, 0.4) is 0 Å². The molecular weight excluding hydrogens is 376 g/mol. The number of nitrogens with one attached hydrogen (secondary N) is 1. The third kappa shape index (κ3) is 4.95. The van der Waals surface area contributed by atoms with Crippen molar-refractivity contribution in [1.82, 2.24) is 4.98 Å². The Morgan fingerprint density at radius 3 is 2.80 bits per heavy atom. The van der Waals surface area contributed by atoms with Gasteiger partial charge in [0.2, 0.25) is 5.91 Å². The van der Waals surface area contributed by atoms with Crippen LogP contribution < -0.4 is 14.8 Å². The third-order valence-electron chi connectivity index (χ3n) is 4.05. The zero-order valence-electron chi connectivity index (χ0n) is 14.4. The highest BCUT2D eigenvalue weighted by Crippen LogP contribution is 2.40. The Labute approximate surface area is 159 Å². The lowest BCUT2D eigenvalue weighted by molar-refractivity contribution is -0.116. The summed E-state index contributed by atoms with van der Waals surface area (Å²) in [5, 5.41) is 4.32. The second-order valence-electron chi connectivity index (χ2n) is 5.82. The van der Waals surface area contributed by atoms with Gasteiger partial charge in [-0.1, -0.05) is 39.3 Å². The number of hydrogen-bond donors (Lipinski definition) is 1. The lowest BCUT2D eigenvalue weighted by Gasteiger charge is -2.06. The summed E-state index contributed by atoms with van der Waals surface area (Å²) < 4.78 is 11.6. The van der Waals surface area contributed by atoms with E-state index in [9.17, 15) is 4.79 Å². The first-order valence-electron chi connectivity index (χ1n) is 8.30. The molecule has 0 saturated carbocycles. The van der Waals surface area contributed by atoms with Gasteiger partial charge in [0.15, 0.2) is 16.6 Å². The maximum atomic E-state index is 12.1. The van der Waals surface area contributed by atoms with E-state index in [-0.39, 0.29) is 5.91 Å². The summed E-state index contributed by atoms with van der Waals surface area (Å²) in [6.07, 6.45) is 5.11. The van der Waals surface area contributed by atoms with E-state index in [0.29, 0.717) is 23.1 Å². The summed E-state index contributed by atoms with van der Waals surface area (Å²) in [6, 6.07) is 3.72. The molecule has 0 spiro atoms. The Balaban J connectivity index is 1.52. The van der Waals surface area contributed by atoms with Gasteiger partial charge in [-0.05, 0) is 19.3 Å². The number of thiazole rings is 1. The van der Waals surface area contributed by atoms with Gasteiger partial charge in [-0.3, -0.25) is 4.79 Å². The van der Waals surface area contributed by atoms with Crippen molar-refractivity contribution >= 4 is 54.2 Å². The number of nitrogens with zero attached hydrogens (tertiary/aromatic N) is 1. The predicted octanol–water partition coefficient (Wildman–Crippen LogP) is 4.97. The fourth-order valence-corrected chi connectivity index (χ4v) is 6.63. The van der Waals surface area contributed by atoms with E-state index >= 15 is 0 Å². The quantitative estimate of drug-likeness (QED) is 0.501. The number of aromatic nitrogens is 1. The summed E-state index contributed by atoms with van der Waals surface area (Å²) in [5.41, 5.74) is 0.800. The van der Waals surface area contributed by atoms with Crippen LogP contribution in [0.4, 0.5) is 5.13 Å². The minimum Gasteiger partial charge on any atom is -0.493 e. The second-order valence-corrected chi connectivity index (χ2v) is 9.63. The molecule has 1 N–H and O–H groups in total. The Kier molecular flexibility index (Phi) is 6.72. The van der Waals surface area contributed by atoms with Crippen LogP contribution >= 0.6 is 32.9 Å². The number of hydrogen-bond acceptors (Lipinski definition) is 7. The maximum Gasteiger partial charge on any atom is 0.226 e. The van der Waals surface area contributed by atoms with E-state index in [2.05, 4.69) is 10.3 Å². The first-order chi connectivity index (χ1) is 12.2. The lowest BCUT2D eigenvalue weighted by atomic mass is 10.1. The fraction of sp³-hybridized carbons (Fsp3) is 0.529. The number of amides is 1. The molecule has 5 nitrogen and oxygen atoms in total. The fourth-order valence-electron chi connectivity index (χ4n) is 2.71. The Morgan fingerprint density at radius 2 is 2.08 bits per heavy atom. The van der Waals surface area contributed by atoms with E-state index in [1.54, 1.807) is 14.2 Å². The number of methoxy groups -OCH3 is 2. The molecule has 0 bridgehead atoms. The van der Waals surface area contributed by atoms with Crippen molar-refractivity contribution in [2.24, 2.45) is 0 Å². The SMILES string of the molecule is COc1cc2nc(NC(=O)CCCCC3CCSS3)sc2cc1OC. The molecule has 1 aromatic heterocycles. The molecule has 1 fully saturated rings. The number of ether oxygens (including phenoxy) is 2. The molecule has 3 rings (SSSR count). The largest absolute Gasteiger partial charge is 0.493 e. The third-order valence-corrected chi connectivity index (χ3v) is 7.99. The van der Waals surface area contributed by atoms with E-state index in [1.165, 1.54) is 29.9 Å². The number of unbranched alkanes of at least 4 members (excludes halogenated alkanes) is 1. The molecule has 136 valence electrons. The highest BCUT2D eigenvalue weighted by Gasteiger charge is 2.16. The minimum atomic E-state index is 0.0337. The Hall–Kier alpha value is -1.12. The Morgan fingerprint density at radius 1 is 1.28 bits per heavy atom. The summed E-state index contributed by atoms with van der Waals surface area (Å²) >= 11 is 1.45. The van der Waals surface area contributed by atoms with Crippen LogP contribution in [-0.4, -0.2) is 36.1 Å². The van der Waals surface area contributed by atoms with Gasteiger partial charge in [0.1, 0.15) is 0 Å². The van der Waals surface area contributed by atoms with Crippen molar-refractivity contribution in [2.45, 2.75) is 37.4 Å². The van der Waals surface area contributed by atoms with Crippen molar-refractivity contribution in [3.05, 3.63) is 12.1 Å². The highest BCUT2D eigenvalue weighted by molar-refractivity contribution is 8.77. The number of carbonyl (C=O) groups is 1. The summed E-state index contributed by atoms with van der Waals surface area (Å²) in [7, 11) is 7.17. The number of carbonyl (C=O) groups excluding carboxylic acids is 1. The van der Waals surface area contributed by atoms with Gasteiger partial charge in [-0.25, -0.2) is 4.98 Å². The monoisotopic (exact) mass is 398 g/mol. The van der Waals surface area contributed by atoms with Gasteiger partial charge >= 0.3 is 0 Å². The zero-order valence-corrected chi connectivity index (χ0v) is 16.8. The van der Waals surface area contributed by atoms with Crippen molar-refractivity contribution in [2.75, 3.05) is 25.3 Å². The van der Waals surface area contributed by atoms with Crippen LogP contribution in [0.5, 0.6) is 11.5 Å². The van der Waals surface area contributed by atoms with Crippen LogP contribution in [0.25, 0.3) is 10.2 Å². The van der Waals surface area contributed by atoms with Gasteiger partial charge in [0, 0.05) is 29.6 Å². The lowest BCUT2D eigenvalue weighted by Crippen LogP contribution is -2.11. The molecule has 1 unspecified atom stereocenters. The molecule has 1 saturated heterocycles. The molecule has 8 heteroatoms. The Bertz CT molecular complexity index is 688. The van der Waals surface area contributed by atoms with E-state index < -0.39 is 0 Å². The van der Waals surface area contributed by atoms with Gasteiger partial charge in [-0.2, -0.15) is 0 Å². The molecule has 2 aromatic rings. The number of fused-ring (bicyclic) bond motifs is 1. The van der Waals surface area contributed by atoms with Gasteiger partial charge in [0.05, 0.1) is 24.4 Å². The molecule has 1 amide bonds. The van der Waals surface area contributed by atoms with Crippen molar-refractivity contribution in [1.29, 1.82) is 0 Å².